The third-order valence-electron chi connectivity index (χ3n) is 5.50. The van der Waals surface area contributed by atoms with E-state index in [9.17, 15) is 5.11 Å². The second kappa shape index (κ2) is 9.46. The van der Waals surface area contributed by atoms with Crippen molar-refractivity contribution in [2.45, 2.75) is 6.04 Å². The minimum atomic E-state index is 0.121. The fraction of sp³-hybridized carbons (Fsp3) is 0.240. The molecule has 154 valence electrons. The van der Waals surface area contributed by atoms with E-state index in [1.807, 2.05) is 12.1 Å². The summed E-state index contributed by atoms with van der Waals surface area (Å²) >= 11 is 0. The maximum Gasteiger partial charge on any atom is 0.166 e. The molecule has 3 aromatic rings. The van der Waals surface area contributed by atoms with E-state index in [-0.39, 0.29) is 11.8 Å². The molecule has 0 unspecified atom stereocenters. The highest BCUT2D eigenvalue weighted by atomic mass is 16.5. The van der Waals surface area contributed by atoms with Gasteiger partial charge < -0.3 is 9.84 Å². The molecule has 1 heterocycles. The molecule has 5 nitrogen and oxygen atoms in total. The molecular formula is C25H27N3O2. The minimum absolute atomic E-state index is 0.121. The number of phenolic OH excluding ortho intramolecular Hbond substituents is 1. The molecule has 1 saturated heterocycles. The van der Waals surface area contributed by atoms with Gasteiger partial charge in [-0.15, -0.1) is 0 Å². The van der Waals surface area contributed by atoms with E-state index < -0.39 is 0 Å². The Morgan fingerprint density at radius 1 is 0.833 bits per heavy atom. The third-order valence-corrected chi connectivity index (χ3v) is 5.50. The highest BCUT2D eigenvalue weighted by molar-refractivity contribution is 5.84. The Labute approximate surface area is 177 Å². The number of hydrazone groups is 1. The van der Waals surface area contributed by atoms with Crippen molar-refractivity contribution in [3.8, 4) is 11.5 Å². The number of aromatic hydroxyl groups is 1. The average Bonchev–Trinajstić information content (AvgIpc) is 2.81. The van der Waals surface area contributed by atoms with E-state index >= 15 is 0 Å². The first kappa shape index (κ1) is 20.0. The van der Waals surface area contributed by atoms with Gasteiger partial charge in [0.2, 0.25) is 0 Å². The van der Waals surface area contributed by atoms with Crippen molar-refractivity contribution >= 4 is 6.21 Å². The number of para-hydroxylation sites is 1. The van der Waals surface area contributed by atoms with Gasteiger partial charge in [-0.3, -0.25) is 9.91 Å². The lowest BCUT2D eigenvalue weighted by Crippen LogP contribution is -2.45. The predicted molar refractivity (Wildman–Crippen MR) is 120 cm³/mol. The van der Waals surface area contributed by atoms with Crippen molar-refractivity contribution in [2.24, 2.45) is 5.10 Å². The summed E-state index contributed by atoms with van der Waals surface area (Å²) in [5.41, 5.74) is 3.27. The molecule has 30 heavy (non-hydrogen) atoms. The summed E-state index contributed by atoms with van der Waals surface area (Å²) in [4.78, 5) is 2.51. The number of hydrogen-bond donors (Lipinski definition) is 1. The molecule has 4 rings (SSSR count). The lowest BCUT2D eigenvalue weighted by molar-refractivity contribution is 0.113. The first-order valence-electron chi connectivity index (χ1n) is 10.2. The zero-order valence-corrected chi connectivity index (χ0v) is 17.2. The SMILES string of the molecule is COc1cccc(/C=N/N2CCN(C(c3ccccc3)c3ccccc3)CC2)c1O. The van der Waals surface area contributed by atoms with E-state index in [4.69, 9.17) is 4.74 Å². The van der Waals surface area contributed by atoms with Crippen LogP contribution < -0.4 is 4.74 Å². The van der Waals surface area contributed by atoms with Crippen LogP contribution in [0.3, 0.4) is 0 Å². The predicted octanol–water partition coefficient (Wildman–Crippen LogP) is 4.14. The molecule has 1 fully saturated rings. The molecule has 0 saturated carbocycles. The zero-order valence-electron chi connectivity index (χ0n) is 17.2. The standard InChI is InChI=1S/C25H27N3O2/c1-30-23-14-8-13-22(25(23)29)19-26-28-17-15-27(16-18-28)24(20-9-4-2-5-10-20)21-11-6-3-7-12-21/h2-14,19,24,29H,15-18H2,1H3/b26-19+. The van der Waals surface area contributed by atoms with Gasteiger partial charge in [0.15, 0.2) is 11.5 Å². The summed E-state index contributed by atoms with van der Waals surface area (Å²) in [6.45, 7) is 3.49. The Morgan fingerprint density at radius 2 is 1.43 bits per heavy atom. The molecule has 1 aliphatic rings. The van der Waals surface area contributed by atoms with Gasteiger partial charge in [-0.05, 0) is 23.3 Å². The van der Waals surface area contributed by atoms with Crippen molar-refractivity contribution < 1.29 is 9.84 Å². The highest BCUT2D eigenvalue weighted by Gasteiger charge is 2.25. The van der Waals surface area contributed by atoms with Gasteiger partial charge in [-0.2, -0.15) is 5.10 Å². The maximum absolute atomic E-state index is 10.2. The van der Waals surface area contributed by atoms with Gasteiger partial charge in [0.1, 0.15) is 0 Å². The molecule has 1 N–H and O–H groups in total. The number of phenols is 1. The minimum Gasteiger partial charge on any atom is -0.504 e. The second-order valence-corrected chi connectivity index (χ2v) is 7.36. The van der Waals surface area contributed by atoms with E-state index in [0.717, 1.165) is 26.2 Å². The van der Waals surface area contributed by atoms with Crippen LogP contribution in [0.25, 0.3) is 0 Å². The fourth-order valence-corrected chi connectivity index (χ4v) is 3.92. The van der Waals surface area contributed by atoms with Crippen LogP contribution in [-0.4, -0.2) is 54.5 Å². The van der Waals surface area contributed by atoms with Crippen LogP contribution in [-0.2, 0) is 0 Å². The van der Waals surface area contributed by atoms with Crippen LogP contribution in [0.2, 0.25) is 0 Å². The first-order valence-corrected chi connectivity index (χ1v) is 10.2. The summed E-state index contributed by atoms with van der Waals surface area (Å²) in [6.07, 6.45) is 1.71. The van der Waals surface area contributed by atoms with Crippen LogP contribution >= 0.6 is 0 Å². The smallest absolute Gasteiger partial charge is 0.166 e. The fourth-order valence-electron chi connectivity index (χ4n) is 3.92. The van der Waals surface area contributed by atoms with E-state index in [1.54, 1.807) is 19.4 Å². The van der Waals surface area contributed by atoms with Crippen molar-refractivity contribution in [2.75, 3.05) is 33.3 Å². The van der Waals surface area contributed by atoms with Gasteiger partial charge in [-0.1, -0.05) is 66.7 Å². The quantitative estimate of drug-likeness (QED) is 0.631. The molecule has 0 atom stereocenters. The van der Waals surface area contributed by atoms with Crippen LogP contribution in [0, 0.1) is 0 Å². The summed E-state index contributed by atoms with van der Waals surface area (Å²) in [7, 11) is 1.55. The molecule has 0 amide bonds. The second-order valence-electron chi connectivity index (χ2n) is 7.36. The van der Waals surface area contributed by atoms with Crippen LogP contribution in [0.15, 0.2) is 84.0 Å². The van der Waals surface area contributed by atoms with Crippen LogP contribution in [0.1, 0.15) is 22.7 Å². The monoisotopic (exact) mass is 401 g/mol. The van der Waals surface area contributed by atoms with Gasteiger partial charge >= 0.3 is 0 Å². The Hall–Kier alpha value is -3.31. The third kappa shape index (κ3) is 4.47. The van der Waals surface area contributed by atoms with Gasteiger partial charge in [0, 0.05) is 31.7 Å². The summed E-state index contributed by atoms with van der Waals surface area (Å²) in [5, 5.41) is 16.9. The van der Waals surface area contributed by atoms with Crippen molar-refractivity contribution in [3.05, 3.63) is 95.6 Å². The average molecular weight is 402 g/mol. The Morgan fingerprint density at radius 3 is 2.00 bits per heavy atom. The van der Waals surface area contributed by atoms with Crippen LogP contribution in [0.5, 0.6) is 11.5 Å². The molecule has 0 bridgehead atoms. The summed E-state index contributed by atoms with van der Waals surface area (Å²) in [5.74, 6) is 0.577. The highest BCUT2D eigenvalue weighted by Crippen LogP contribution is 2.30. The zero-order chi connectivity index (χ0) is 20.8. The number of methoxy groups -OCH3 is 1. The Kier molecular flexibility index (Phi) is 6.30. The lowest BCUT2D eigenvalue weighted by Gasteiger charge is -2.38. The molecule has 3 aromatic carbocycles. The van der Waals surface area contributed by atoms with E-state index in [0.29, 0.717) is 11.3 Å². The topological polar surface area (TPSA) is 48.3 Å². The lowest BCUT2D eigenvalue weighted by atomic mass is 9.96. The number of ether oxygens (including phenoxy) is 1. The largest absolute Gasteiger partial charge is 0.504 e. The van der Waals surface area contributed by atoms with Gasteiger partial charge in [0.25, 0.3) is 0 Å². The van der Waals surface area contributed by atoms with E-state index in [1.165, 1.54) is 11.1 Å². The molecule has 0 aromatic heterocycles. The number of benzene rings is 3. The number of nitrogens with zero attached hydrogens (tertiary/aromatic N) is 3. The van der Waals surface area contributed by atoms with E-state index in [2.05, 4.69) is 75.7 Å². The normalized spacial score (nSPS) is 15.1. The Bertz CT molecular complexity index is 929. The molecule has 5 heteroatoms. The Balaban J connectivity index is 1.46. The summed E-state index contributed by atoms with van der Waals surface area (Å²) in [6, 6.07) is 27.0. The van der Waals surface area contributed by atoms with Crippen molar-refractivity contribution in [1.29, 1.82) is 0 Å². The molecule has 0 aliphatic carbocycles. The van der Waals surface area contributed by atoms with Gasteiger partial charge in [-0.25, -0.2) is 0 Å². The number of piperazine rings is 1. The summed E-state index contributed by atoms with van der Waals surface area (Å²) < 4.78 is 5.17. The molecule has 0 spiro atoms. The number of hydrogen-bond acceptors (Lipinski definition) is 5. The number of rotatable bonds is 6. The molecule has 1 aliphatic heterocycles. The van der Waals surface area contributed by atoms with Crippen LogP contribution in [0.4, 0.5) is 0 Å². The molecular weight excluding hydrogens is 374 g/mol. The van der Waals surface area contributed by atoms with Crippen molar-refractivity contribution in [1.82, 2.24) is 9.91 Å². The first-order chi connectivity index (χ1) is 14.8. The van der Waals surface area contributed by atoms with Crippen molar-refractivity contribution in [3.63, 3.8) is 0 Å². The molecule has 0 radical (unpaired) electrons. The van der Waals surface area contributed by atoms with Gasteiger partial charge in [0.05, 0.1) is 19.4 Å². The maximum atomic E-state index is 10.2.